The van der Waals surface area contributed by atoms with E-state index >= 15 is 0 Å². The van der Waals surface area contributed by atoms with Crippen molar-refractivity contribution in [2.75, 3.05) is 35.6 Å². The maximum atomic E-state index is 12.0. The highest BCUT2D eigenvalue weighted by Crippen LogP contribution is 2.24. The minimum atomic E-state index is -0.0366. The van der Waals surface area contributed by atoms with Gasteiger partial charge in [-0.2, -0.15) is 11.8 Å². The second-order valence-corrected chi connectivity index (χ2v) is 6.24. The summed E-state index contributed by atoms with van der Waals surface area (Å²) < 4.78 is 0. The second-order valence-electron chi connectivity index (χ2n) is 4.68. The molecule has 1 saturated heterocycles. The topological polar surface area (TPSA) is 58.4 Å². The summed E-state index contributed by atoms with van der Waals surface area (Å²) in [7, 11) is 0. The van der Waals surface area contributed by atoms with E-state index < -0.39 is 0 Å². The zero-order chi connectivity index (χ0) is 13.8. The summed E-state index contributed by atoms with van der Waals surface area (Å²) in [6.07, 6.45) is 0. The second kappa shape index (κ2) is 6.50. The molecule has 2 rings (SSSR count). The van der Waals surface area contributed by atoms with Gasteiger partial charge in [-0.1, -0.05) is 11.6 Å². The number of benzene rings is 1. The predicted octanol–water partition coefficient (Wildman–Crippen LogP) is 2.30. The van der Waals surface area contributed by atoms with Crippen LogP contribution >= 0.6 is 23.4 Å². The van der Waals surface area contributed by atoms with Gasteiger partial charge in [-0.25, -0.2) is 0 Å². The van der Waals surface area contributed by atoms with Crippen molar-refractivity contribution in [3.63, 3.8) is 0 Å². The average molecular weight is 300 g/mol. The highest BCUT2D eigenvalue weighted by Gasteiger charge is 2.21. The normalized spacial score (nSPS) is 20.2. The summed E-state index contributed by atoms with van der Waals surface area (Å²) in [4.78, 5) is 14.2. The average Bonchev–Trinajstić information content (AvgIpc) is 2.36. The van der Waals surface area contributed by atoms with E-state index in [0.717, 1.165) is 18.1 Å². The Balaban J connectivity index is 1.93. The highest BCUT2D eigenvalue weighted by molar-refractivity contribution is 7.99. The van der Waals surface area contributed by atoms with Crippen molar-refractivity contribution in [3.8, 4) is 0 Å². The molecule has 1 aromatic rings. The molecule has 1 heterocycles. The van der Waals surface area contributed by atoms with Gasteiger partial charge >= 0.3 is 0 Å². The molecule has 0 bridgehead atoms. The van der Waals surface area contributed by atoms with E-state index in [2.05, 4.69) is 17.1 Å². The van der Waals surface area contributed by atoms with E-state index in [4.69, 9.17) is 17.3 Å². The van der Waals surface area contributed by atoms with E-state index in [1.807, 2.05) is 11.8 Å². The van der Waals surface area contributed by atoms with Gasteiger partial charge in [-0.05, 0) is 25.1 Å². The zero-order valence-corrected chi connectivity index (χ0v) is 12.4. The third-order valence-electron chi connectivity index (χ3n) is 3.12. The molecular weight excluding hydrogens is 282 g/mol. The fraction of sp³-hybridized carbons (Fsp3) is 0.462. The minimum Gasteiger partial charge on any atom is -0.399 e. The summed E-state index contributed by atoms with van der Waals surface area (Å²) in [5.74, 6) is 2.13. The van der Waals surface area contributed by atoms with Crippen LogP contribution in [-0.2, 0) is 4.79 Å². The first-order valence-electron chi connectivity index (χ1n) is 6.23. The maximum Gasteiger partial charge on any atom is 0.238 e. The van der Waals surface area contributed by atoms with Crippen LogP contribution in [0.1, 0.15) is 6.92 Å². The molecule has 19 heavy (non-hydrogen) atoms. The van der Waals surface area contributed by atoms with Crippen LogP contribution in [0, 0.1) is 0 Å². The lowest BCUT2D eigenvalue weighted by Crippen LogP contribution is -2.44. The van der Waals surface area contributed by atoms with Gasteiger partial charge in [0.05, 0.1) is 17.3 Å². The molecule has 0 saturated carbocycles. The fourth-order valence-electron chi connectivity index (χ4n) is 2.00. The third-order valence-corrected chi connectivity index (χ3v) is 4.62. The van der Waals surface area contributed by atoms with Crippen molar-refractivity contribution in [1.82, 2.24) is 4.90 Å². The SMILES string of the molecule is CC1CSCCN1CC(=O)Nc1ccc(N)cc1Cl. The number of nitrogens with two attached hydrogens (primary N) is 1. The number of halogens is 1. The molecule has 1 unspecified atom stereocenters. The van der Waals surface area contributed by atoms with E-state index in [9.17, 15) is 4.79 Å². The first-order chi connectivity index (χ1) is 9.06. The zero-order valence-electron chi connectivity index (χ0n) is 10.9. The quantitative estimate of drug-likeness (QED) is 0.841. The number of nitrogens with zero attached hydrogens (tertiary/aromatic N) is 1. The number of nitrogens with one attached hydrogen (secondary N) is 1. The Bertz CT molecular complexity index is 469. The molecule has 1 aromatic carbocycles. The van der Waals surface area contributed by atoms with Crippen molar-refractivity contribution in [3.05, 3.63) is 23.2 Å². The van der Waals surface area contributed by atoms with Gasteiger partial charge in [0, 0.05) is 29.8 Å². The number of amides is 1. The summed E-state index contributed by atoms with van der Waals surface area (Å²) >= 11 is 7.97. The number of hydrogen-bond donors (Lipinski definition) is 2. The molecule has 0 radical (unpaired) electrons. The van der Waals surface area contributed by atoms with E-state index in [1.165, 1.54) is 0 Å². The number of anilines is 2. The predicted molar refractivity (Wildman–Crippen MR) is 82.9 cm³/mol. The Morgan fingerprint density at radius 3 is 3.11 bits per heavy atom. The summed E-state index contributed by atoms with van der Waals surface area (Å²) in [6.45, 7) is 3.51. The molecule has 1 atom stereocenters. The molecule has 0 aliphatic carbocycles. The van der Waals surface area contributed by atoms with E-state index in [-0.39, 0.29) is 5.91 Å². The van der Waals surface area contributed by atoms with Crippen LogP contribution in [0.5, 0.6) is 0 Å². The molecule has 104 valence electrons. The first-order valence-corrected chi connectivity index (χ1v) is 7.76. The van der Waals surface area contributed by atoms with Crippen LogP contribution in [0.25, 0.3) is 0 Å². The van der Waals surface area contributed by atoms with Crippen LogP contribution < -0.4 is 11.1 Å². The Morgan fingerprint density at radius 2 is 2.42 bits per heavy atom. The summed E-state index contributed by atoms with van der Waals surface area (Å²) in [5, 5.41) is 3.30. The van der Waals surface area contributed by atoms with Gasteiger partial charge in [-0.15, -0.1) is 0 Å². The lowest BCUT2D eigenvalue weighted by Gasteiger charge is -2.32. The van der Waals surface area contributed by atoms with Crippen molar-refractivity contribution < 1.29 is 4.79 Å². The van der Waals surface area contributed by atoms with Crippen molar-refractivity contribution in [2.24, 2.45) is 0 Å². The van der Waals surface area contributed by atoms with Crippen LogP contribution in [0.3, 0.4) is 0 Å². The Morgan fingerprint density at radius 1 is 1.63 bits per heavy atom. The van der Waals surface area contributed by atoms with Gasteiger partial charge in [0.15, 0.2) is 0 Å². The number of nitrogen functional groups attached to an aromatic ring is 1. The number of carbonyl (C=O) groups excluding carboxylic acids is 1. The molecule has 1 aliphatic rings. The lowest BCUT2D eigenvalue weighted by molar-refractivity contribution is -0.117. The number of rotatable bonds is 3. The highest BCUT2D eigenvalue weighted by atomic mass is 35.5. The van der Waals surface area contributed by atoms with E-state index in [0.29, 0.717) is 29.0 Å². The number of carbonyl (C=O) groups is 1. The molecule has 1 aliphatic heterocycles. The number of hydrogen-bond acceptors (Lipinski definition) is 4. The third kappa shape index (κ3) is 4.03. The van der Waals surface area contributed by atoms with Crippen molar-refractivity contribution in [1.29, 1.82) is 0 Å². The van der Waals surface area contributed by atoms with Gasteiger partial charge in [0.2, 0.25) is 5.91 Å². The molecule has 4 nitrogen and oxygen atoms in total. The summed E-state index contributed by atoms with van der Waals surface area (Å²) in [5.41, 5.74) is 6.82. The first kappa shape index (κ1) is 14.5. The Labute approximate surface area is 122 Å². The van der Waals surface area contributed by atoms with Crippen LogP contribution in [0.15, 0.2) is 18.2 Å². The maximum absolute atomic E-state index is 12.0. The molecule has 0 spiro atoms. The molecule has 6 heteroatoms. The van der Waals surface area contributed by atoms with Crippen molar-refractivity contribution >= 4 is 40.6 Å². The van der Waals surface area contributed by atoms with Gasteiger partial charge in [0.1, 0.15) is 0 Å². The Hall–Kier alpha value is -0.910. The van der Waals surface area contributed by atoms with Gasteiger partial charge in [-0.3, -0.25) is 9.69 Å². The van der Waals surface area contributed by atoms with E-state index in [1.54, 1.807) is 18.2 Å². The smallest absolute Gasteiger partial charge is 0.238 e. The standard InChI is InChI=1S/C13H18ClN3OS/c1-9-8-19-5-4-17(9)7-13(18)16-12-3-2-10(15)6-11(12)14/h2-3,6,9H,4-5,7-8,15H2,1H3,(H,16,18). The van der Waals surface area contributed by atoms with Crippen LogP contribution in [0.4, 0.5) is 11.4 Å². The van der Waals surface area contributed by atoms with Crippen molar-refractivity contribution in [2.45, 2.75) is 13.0 Å². The molecular formula is C13H18ClN3OS. The largest absolute Gasteiger partial charge is 0.399 e. The molecule has 1 fully saturated rings. The van der Waals surface area contributed by atoms with Crippen LogP contribution in [0.2, 0.25) is 5.02 Å². The Kier molecular flexibility index (Phi) is 4.96. The summed E-state index contributed by atoms with van der Waals surface area (Å²) in [6, 6.07) is 5.52. The molecule has 0 aromatic heterocycles. The van der Waals surface area contributed by atoms with Gasteiger partial charge < -0.3 is 11.1 Å². The molecule has 3 N–H and O–H groups in total. The molecule has 1 amide bonds. The fourth-order valence-corrected chi connectivity index (χ4v) is 3.32. The monoisotopic (exact) mass is 299 g/mol. The number of thioether (sulfide) groups is 1. The van der Waals surface area contributed by atoms with Gasteiger partial charge in [0.25, 0.3) is 0 Å². The lowest BCUT2D eigenvalue weighted by atomic mass is 10.2. The van der Waals surface area contributed by atoms with Crippen LogP contribution in [-0.4, -0.2) is 41.4 Å². The minimum absolute atomic E-state index is 0.0366.